The molecule has 3 aliphatic rings. The number of hydrogen-bond acceptors (Lipinski definition) is 15. The molecule has 7 rings (SSSR count). The van der Waals surface area contributed by atoms with Crippen LogP contribution < -0.4 is 26.0 Å². The third kappa shape index (κ3) is 19.1. The lowest BCUT2D eigenvalue weighted by Gasteiger charge is -2.44. The number of aryl methyl sites for hydroxylation is 1. The smallest absolute Gasteiger partial charge is 0.408 e. The highest BCUT2D eigenvalue weighted by molar-refractivity contribution is 7.13. The summed E-state index contributed by atoms with van der Waals surface area (Å²) in [5.41, 5.74) is 5.10. The Morgan fingerprint density at radius 1 is 0.820 bits per heavy atom. The minimum absolute atomic E-state index is 0.00534. The van der Waals surface area contributed by atoms with Crippen molar-refractivity contribution in [1.29, 1.82) is 0 Å². The molecule has 1 saturated heterocycles. The van der Waals surface area contributed by atoms with Gasteiger partial charge < -0.3 is 54.6 Å². The summed E-state index contributed by atoms with van der Waals surface area (Å²) < 4.78 is 81.3. The Kier molecular flexibility index (Phi) is 23.6. The zero-order valence-corrected chi connectivity index (χ0v) is 54.3. The van der Waals surface area contributed by atoms with Crippen LogP contribution in [0.25, 0.3) is 16.0 Å². The van der Waals surface area contributed by atoms with Gasteiger partial charge in [-0.3, -0.25) is 24.1 Å². The molecule has 3 heterocycles. The molecule has 0 saturated carbocycles. The van der Waals surface area contributed by atoms with E-state index >= 15 is 13.2 Å². The fourth-order valence-electron chi connectivity index (χ4n) is 11.2. The van der Waals surface area contributed by atoms with Gasteiger partial charge in [0.15, 0.2) is 0 Å². The van der Waals surface area contributed by atoms with Gasteiger partial charge in [-0.2, -0.15) is 0 Å². The number of nitrogens with one attached hydrogen (secondary N) is 4. The number of alkyl carbamates (subject to hydrolysis) is 1. The fraction of sp³-hybridized carbons (Fsp3) is 0.561. The maximum absolute atomic E-state index is 16.2. The van der Waals surface area contributed by atoms with Crippen molar-refractivity contribution in [1.82, 2.24) is 36.1 Å². The highest BCUT2D eigenvalue weighted by atomic mass is 32.1. The predicted octanol–water partition coefficient (Wildman–Crippen LogP) is 9.13. The number of thiazole rings is 1. The van der Waals surface area contributed by atoms with Crippen LogP contribution in [0.15, 0.2) is 71.7 Å². The van der Waals surface area contributed by atoms with Crippen LogP contribution >= 0.6 is 11.3 Å². The summed E-state index contributed by atoms with van der Waals surface area (Å²) in [6, 6.07) is 12.4. The second kappa shape index (κ2) is 30.3. The molecule has 486 valence electrons. The van der Waals surface area contributed by atoms with Crippen molar-refractivity contribution in [2.45, 2.75) is 169 Å². The lowest BCUT2D eigenvalue weighted by Crippen LogP contribution is -2.58. The third-order valence-electron chi connectivity index (χ3n) is 15.5. The van der Waals surface area contributed by atoms with Crippen molar-refractivity contribution in [3.8, 4) is 16.2 Å². The highest BCUT2D eigenvalue weighted by Gasteiger charge is 2.47. The molecule has 1 aromatic heterocycles. The van der Waals surface area contributed by atoms with Gasteiger partial charge in [-0.1, -0.05) is 83.1 Å². The summed E-state index contributed by atoms with van der Waals surface area (Å²) >= 11 is 1.52. The van der Waals surface area contributed by atoms with E-state index in [1.54, 1.807) is 60.9 Å². The fourth-order valence-corrected chi connectivity index (χ4v) is 12.0. The lowest BCUT2D eigenvalue weighted by molar-refractivity contribution is -0.153. The van der Waals surface area contributed by atoms with Crippen molar-refractivity contribution in [3.05, 3.63) is 111 Å². The van der Waals surface area contributed by atoms with Crippen molar-refractivity contribution < 1.29 is 70.4 Å². The molecule has 2 aliphatic heterocycles. The number of carbonyl (C=O) groups is 6. The summed E-state index contributed by atoms with van der Waals surface area (Å²) in [4.78, 5) is 90.4. The minimum Gasteiger partial charge on any atom is -0.491 e. The van der Waals surface area contributed by atoms with E-state index in [4.69, 9.17) is 28.4 Å². The molecule has 4 aromatic rings. The SMILES string of the molecule is Cc1ncsc1-c1ccc(CNC(=O)[C@@H]2C[C@@H](OC(=O)[C@H](C)NC(=O)[C@@H](NC(=O)OC(C)(C)C)C(C)C)CN2C(=O)[C@@H](NC(=O)COCCOCCOCCOc2cc(F)c([C@@H]3C4=C(C[C@@H](C)N3CC(C)(C)F)c3ccccc3C4)c(F)c2)C(C)(C)C)cc1. The van der Waals surface area contributed by atoms with Crippen LogP contribution in [0.2, 0.25) is 0 Å². The normalized spacial score (nSPS) is 18.8. The van der Waals surface area contributed by atoms with Crippen molar-refractivity contribution in [2.24, 2.45) is 11.3 Å². The average Bonchev–Trinajstić information content (AvgIpc) is 2.19. The van der Waals surface area contributed by atoms with Crippen LogP contribution in [0.1, 0.15) is 130 Å². The predicted molar refractivity (Wildman–Crippen MR) is 331 cm³/mol. The molecule has 1 fully saturated rings. The molecule has 23 heteroatoms. The number of fused-ring (bicyclic) bond motifs is 2. The molecule has 0 radical (unpaired) electrons. The Morgan fingerprint density at radius 3 is 2.07 bits per heavy atom. The van der Waals surface area contributed by atoms with Gasteiger partial charge in [0.05, 0.1) is 61.7 Å². The molecular formula is C66H88F3N7O12S. The maximum Gasteiger partial charge on any atom is 0.408 e. The molecule has 3 aromatic carbocycles. The molecule has 1 aliphatic carbocycles. The first kappa shape index (κ1) is 69.6. The lowest BCUT2D eigenvalue weighted by atomic mass is 9.84. The van der Waals surface area contributed by atoms with Gasteiger partial charge in [-0.25, -0.2) is 27.7 Å². The Hall–Kier alpha value is -6.92. The summed E-state index contributed by atoms with van der Waals surface area (Å²) in [7, 11) is 0. The van der Waals surface area contributed by atoms with Crippen molar-refractivity contribution in [3.63, 3.8) is 0 Å². The second-order valence-corrected chi connectivity index (χ2v) is 26.9. The van der Waals surface area contributed by atoms with Gasteiger partial charge in [0.25, 0.3) is 0 Å². The number of halogens is 3. The van der Waals surface area contributed by atoms with Crippen LogP contribution in [0.5, 0.6) is 5.75 Å². The largest absolute Gasteiger partial charge is 0.491 e. The number of aromatic nitrogens is 1. The Balaban J connectivity index is 0.880. The molecule has 0 bridgehead atoms. The molecule has 5 amide bonds. The van der Waals surface area contributed by atoms with Crippen LogP contribution in [0, 0.1) is 29.9 Å². The van der Waals surface area contributed by atoms with Crippen molar-refractivity contribution in [2.75, 3.05) is 59.3 Å². The summed E-state index contributed by atoms with van der Waals surface area (Å²) in [6.07, 6.45) is -0.722. The Bertz CT molecular complexity index is 3150. The topological polar surface area (TPSA) is 225 Å². The Morgan fingerprint density at radius 2 is 1.46 bits per heavy atom. The van der Waals surface area contributed by atoms with E-state index in [0.29, 0.717) is 12.8 Å². The number of alkyl halides is 1. The molecule has 19 nitrogen and oxygen atoms in total. The van der Waals surface area contributed by atoms with Gasteiger partial charge in [0.1, 0.15) is 72.1 Å². The number of rotatable bonds is 27. The quantitative estimate of drug-likeness (QED) is 0.0323. The second-order valence-electron chi connectivity index (χ2n) is 26.1. The van der Waals surface area contributed by atoms with Gasteiger partial charge in [0.2, 0.25) is 23.6 Å². The first-order valence-corrected chi connectivity index (χ1v) is 31.2. The van der Waals surface area contributed by atoms with Crippen LogP contribution in [-0.4, -0.2) is 157 Å². The van der Waals surface area contributed by atoms with Crippen LogP contribution in [-0.2, 0) is 60.6 Å². The van der Waals surface area contributed by atoms with Crippen molar-refractivity contribution >= 4 is 52.6 Å². The van der Waals surface area contributed by atoms with Gasteiger partial charge in [-0.15, -0.1) is 11.3 Å². The highest BCUT2D eigenvalue weighted by Crippen LogP contribution is 2.50. The zero-order chi connectivity index (χ0) is 65.1. The number of likely N-dealkylation sites (tertiary alicyclic amines) is 1. The number of nitrogens with zero attached hydrogens (tertiary/aromatic N) is 3. The number of hydrogen-bond donors (Lipinski definition) is 4. The van der Waals surface area contributed by atoms with E-state index in [1.807, 2.05) is 67.3 Å². The molecule has 7 atom stereocenters. The van der Waals surface area contributed by atoms with E-state index in [0.717, 1.165) is 56.1 Å². The molecule has 0 unspecified atom stereocenters. The zero-order valence-electron chi connectivity index (χ0n) is 53.4. The average molecular weight is 1260 g/mol. The standard InChI is InChI=1S/C66H88F3N7O12S/c1-38(2)55(74-63(82)88-65(9,10)11)60(79)72-41(5)62(81)87-46-32-52(59(78)70-33-42-18-20-43(21-19-42)57-40(4)71-37-89-57)75(34-46)61(80)58(64(6,7)8)73-53(77)35-85-25-24-83-22-23-84-26-27-86-45-30-50(67)54(51(68)31-45)56-49-29-44-16-14-15-17-47(44)48(49)28-39(3)76(56)36-66(12,13)69/h14-21,30-31,37-39,41,46,52,55-56,58H,22-29,32-36H2,1-13H3,(H,70,78)(H,72,79)(H,73,77)(H,74,82)/t39-,41+,46-,52+,55+,56+,58-/m1/s1. The van der Waals surface area contributed by atoms with Crippen LogP contribution in [0.4, 0.5) is 18.0 Å². The van der Waals surface area contributed by atoms with E-state index in [9.17, 15) is 28.8 Å². The first-order chi connectivity index (χ1) is 41.9. The number of benzene rings is 3. The summed E-state index contributed by atoms with van der Waals surface area (Å²) in [5.74, 6) is -5.17. The maximum atomic E-state index is 16.2. The molecule has 0 spiro atoms. The third-order valence-corrected chi connectivity index (χ3v) is 16.5. The summed E-state index contributed by atoms with van der Waals surface area (Å²) in [5, 5.41) is 10.9. The monoisotopic (exact) mass is 1260 g/mol. The minimum atomic E-state index is -1.61. The van der Waals surface area contributed by atoms with E-state index in [1.165, 1.54) is 37.0 Å². The molecule has 4 N–H and O–H groups in total. The number of ether oxygens (including phenoxy) is 6. The van der Waals surface area contributed by atoms with Gasteiger partial charge in [-0.05, 0) is 113 Å². The number of esters is 1. The van der Waals surface area contributed by atoms with E-state index < -0.39 is 107 Å². The van der Waals surface area contributed by atoms with E-state index in [2.05, 4.69) is 26.3 Å². The van der Waals surface area contributed by atoms with Crippen LogP contribution in [0.3, 0.4) is 0 Å². The van der Waals surface area contributed by atoms with Gasteiger partial charge >= 0.3 is 12.1 Å². The number of amides is 5. The Labute approximate surface area is 524 Å². The first-order valence-electron chi connectivity index (χ1n) is 30.4. The molecular weight excluding hydrogens is 1170 g/mol. The van der Waals surface area contributed by atoms with E-state index in [-0.39, 0.29) is 89.0 Å². The van der Waals surface area contributed by atoms with Gasteiger partial charge in [0, 0.05) is 43.2 Å². The summed E-state index contributed by atoms with van der Waals surface area (Å²) in [6.45, 7) is 22.0. The number of carbonyl (C=O) groups excluding carboxylic acids is 6. The molecule has 89 heavy (non-hydrogen) atoms.